The standard InChI is InChI=1S/C25H48O5Si/c1-17(16-18(2)23(28)29-8)21(26)19(3)22(27)25(7,20-14-12-11-13-15-20)30-31(9,10)24(4,5)6/h17-21,26H,11-16H2,1-10H3/t17-,18+,19-,21+,25-/m0/s1. The normalized spacial score (nSPS) is 22.2. The maximum atomic E-state index is 13.9. The molecule has 182 valence electrons. The summed E-state index contributed by atoms with van der Waals surface area (Å²) in [5, 5.41) is 11.1. The molecule has 1 aliphatic rings. The number of methoxy groups -OCH3 is 1. The molecule has 0 aliphatic heterocycles. The number of aliphatic hydroxyl groups excluding tert-OH is 1. The van der Waals surface area contributed by atoms with Crippen LogP contribution in [0.1, 0.15) is 87.0 Å². The van der Waals surface area contributed by atoms with Crippen LogP contribution in [-0.2, 0) is 18.8 Å². The van der Waals surface area contributed by atoms with Gasteiger partial charge in [-0.1, -0.05) is 60.8 Å². The van der Waals surface area contributed by atoms with E-state index in [-0.39, 0.29) is 34.5 Å². The van der Waals surface area contributed by atoms with Crippen molar-refractivity contribution in [1.29, 1.82) is 0 Å². The summed E-state index contributed by atoms with van der Waals surface area (Å²) in [6, 6.07) is 0. The van der Waals surface area contributed by atoms with Crippen LogP contribution >= 0.6 is 0 Å². The van der Waals surface area contributed by atoms with E-state index in [1.807, 2.05) is 20.8 Å². The number of ether oxygens (including phenoxy) is 1. The monoisotopic (exact) mass is 456 g/mol. The lowest BCUT2D eigenvalue weighted by Crippen LogP contribution is -2.58. The van der Waals surface area contributed by atoms with Gasteiger partial charge < -0.3 is 14.3 Å². The zero-order valence-corrected chi connectivity index (χ0v) is 22.7. The number of hydrogen-bond donors (Lipinski definition) is 1. The van der Waals surface area contributed by atoms with Gasteiger partial charge in [-0.3, -0.25) is 9.59 Å². The third kappa shape index (κ3) is 6.88. The van der Waals surface area contributed by atoms with Gasteiger partial charge in [0.15, 0.2) is 14.1 Å². The first kappa shape index (κ1) is 28.3. The summed E-state index contributed by atoms with van der Waals surface area (Å²) in [6.45, 7) is 18.5. The van der Waals surface area contributed by atoms with Gasteiger partial charge in [0, 0.05) is 5.92 Å². The Morgan fingerprint density at radius 3 is 2.00 bits per heavy atom. The van der Waals surface area contributed by atoms with Gasteiger partial charge in [0.05, 0.1) is 19.1 Å². The van der Waals surface area contributed by atoms with E-state index in [2.05, 4.69) is 33.9 Å². The van der Waals surface area contributed by atoms with Crippen LogP contribution in [0.25, 0.3) is 0 Å². The van der Waals surface area contributed by atoms with E-state index in [0.717, 1.165) is 25.7 Å². The van der Waals surface area contributed by atoms with Crippen molar-refractivity contribution >= 4 is 20.1 Å². The van der Waals surface area contributed by atoms with E-state index in [1.54, 1.807) is 6.92 Å². The molecule has 0 radical (unpaired) electrons. The van der Waals surface area contributed by atoms with Crippen molar-refractivity contribution in [1.82, 2.24) is 0 Å². The molecule has 5 atom stereocenters. The summed E-state index contributed by atoms with van der Waals surface area (Å²) in [5.74, 6) is -1.17. The Morgan fingerprint density at radius 1 is 1.03 bits per heavy atom. The fraction of sp³-hybridized carbons (Fsp3) is 0.920. The molecule has 5 nitrogen and oxygen atoms in total. The smallest absolute Gasteiger partial charge is 0.308 e. The van der Waals surface area contributed by atoms with Gasteiger partial charge >= 0.3 is 5.97 Å². The number of ketones is 1. The second-order valence-corrected chi connectivity index (χ2v) is 16.3. The molecule has 0 saturated heterocycles. The fourth-order valence-electron chi connectivity index (χ4n) is 4.77. The topological polar surface area (TPSA) is 72.8 Å². The summed E-state index contributed by atoms with van der Waals surface area (Å²) >= 11 is 0. The first-order valence-corrected chi connectivity index (χ1v) is 15.0. The summed E-state index contributed by atoms with van der Waals surface area (Å²) in [4.78, 5) is 25.7. The minimum Gasteiger partial charge on any atom is -0.469 e. The van der Waals surface area contributed by atoms with Crippen LogP contribution in [0.3, 0.4) is 0 Å². The number of carbonyl (C=O) groups excluding carboxylic acids is 2. The molecule has 1 saturated carbocycles. The van der Waals surface area contributed by atoms with Crippen LogP contribution in [0.5, 0.6) is 0 Å². The molecular weight excluding hydrogens is 408 g/mol. The van der Waals surface area contributed by atoms with E-state index >= 15 is 0 Å². The molecule has 0 spiro atoms. The van der Waals surface area contributed by atoms with Crippen molar-refractivity contribution < 1.29 is 23.9 Å². The highest BCUT2D eigenvalue weighted by Crippen LogP contribution is 2.45. The first-order chi connectivity index (χ1) is 14.1. The largest absolute Gasteiger partial charge is 0.469 e. The number of rotatable bonds is 10. The van der Waals surface area contributed by atoms with Crippen molar-refractivity contribution in [2.24, 2.45) is 23.7 Å². The van der Waals surface area contributed by atoms with Crippen molar-refractivity contribution in [3.63, 3.8) is 0 Å². The first-order valence-electron chi connectivity index (χ1n) is 12.1. The summed E-state index contributed by atoms with van der Waals surface area (Å²) < 4.78 is 11.7. The molecule has 0 amide bonds. The lowest BCUT2D eigenvalue weighted by atomic mass is 9.71. The van der Waals surface area contributed by atoms with Crippen LogP contribution in [0.2, 0.25) is 18.1 Å². The van der Waals surface area contributed by atoms with Gasteiger partial charge in [0.1, 0.15) is 5.60 Å². The molecule has 1 rings (SSSR count). The van der Waals surface area contributed by atoms with Crippen molar-refractivity contribution in [2.45, 2.75) is 117 Å². The fourth-order valence-corrected chi connectivity index (χ4v) is 6.40. The molecule has 0 aromatic heterocycles. The van der Waals surface area contributed by atoms with Crippen LogP contribution in [-0.4, -0.2) is 44.0 Å². The SMILES string of the molecule is COC(=O)[C@H](C)C[C@H](C)[C@@H](O)[C@H](C)C(=O)[C@@](C)(O[Si](C)(C)C(C)(C)C)C1CCCCC1. The predicted octanol–water partition coefficient (Wildman–Crippen LogP) is 5.75. The van der Waals surface area contributed by atoms with Crippen molar-refractivity contribution in [3.05, 3.63) is 0 Å². The molecule has 0 aromatic carbocycles. The number of aliphatic hydroxyl groups is 1. The van der Waals surface area contributed by atoms with E-state index in [0.29, 0.717) is 6.42 Å². The minimum absolute atomic E-state index is 0.00566. The van der Waals surface area contributed by atoms with Gasteiger partial charge in [-0.25, -0.2) is 0 Å². The molecular formula is C25H48O5Si. The van der Waals surface area contributed by atoms with Crippen LogP contribution in [0.15, 0.2) is 0 Å². The molecule has 1 fully saturated rings. The van der Waals surface area contributed by atoms with Crippen LogP contribution < -0.4 is 0 Å². The van der Waals surface area contributed by atoms with E-state index in [4.69, 9.17) is 9.16 Å². The maximum Gasteiger partial charge on any atom is 0.308 e. The molecule has 1 aliphatic carbocycles. The summed E-state index contributed by atoms with van der Waals surface area (Å²) in [7, 11) is -0.830. The van der Waals surface area contributed by atoms with Gasteiger partial charge in [-0.15, -0.1) is 0 Å². The Labute approximate surface area is 191 Å². The Hall–Kier alpha value is -0.723. The van der Waals surface area contributed by atoms with Gasteiger partial charge in [0.25, 0.3) is 0 Å². The quantitative estimate of drug-likeness (QED) is 0.335. The zero-order valence-electron chi connectivity index (χ0n) is 21.7. The van der Waals surface area contributed by atoms with Crippen molar-refractivity contribution in [2.75, 3.05) is 7.11 Å². The average molecular weight is 457 g/mol. The summed E-state index contributed by atoms with van der Waals surface area (Å²) in [5.41, 5.74) is -0.891. The van der Waals surface area contributed by atoms with Crippen molar-refractivity contribution in [3.8, 4) is 0 Å². The number of Topliss-reactive ketones (excluding diaryl/α,β-unsaturated/α-hetero) is 1. The zero-order chi connectivity index (χ0) is 24.2. The van der Waals surface area contributed by atoms with Crippen LogP contribution in [0, 0.1) is 23.7 Å². The third-order valence-corrected chi connectivity index (χ3v) is 12.5. The Morgan fingerprint density at radius 2 is 1.55 bits per heavy atom. The Balaban J connectivity index is 3.14. The molecule has 1 N–H and O–H groups in total. The molecule has 0 bridgehead atoms. The molecule has 0 unspecified atom stereocenters. The second kappa shape index (κ2) is 10.9. The van der Waals surface area contributed by atoms with Gasteiger partial charge in [-0.05, 0) is 56.2 Å². The van der Waals surface area contributed by atoms with E-state index < -0.39 is 25.9 Å². The third-order valence-electron chi connectivity index (χ3n) is 7.98. The Bertz CT molecular complexity index is 606. The van der Waals surface area contributed by atoms with Crippen LogP contribution in [0.4, 0.5) is 0 Å². The molecule has 31 heavy (non-hydrogen) atoms. The van der Waals surface area contributed by atoms with E-state index in [9.17, 15) is 14.7 Å². The average Bonchev–Trinajstić information content (AvgIpc) is 2.70. The summed E-state index contributed by atoms with van der Waals surface area (Å²) in [6.07, 6.45) is 5.10. The number of hydrogen-bond acceptors (Lipinski definition) is 5. The van der Waals surface area contributed by atoms with Gasteiger partial charge in [-0.2, -0.15) is 0 Å². The second-order valence-electron chi connectivity index (χ2n) is 11.6. The minimum atomic E-state index is -2.20. The number of carbonyl (C=O) groups is 2. The lowest BCUT2D eigenvalue weighted by Gasteiger charge is -2.48. The maximum absolute atomic E-state index is 13.9. The highest BCUT2D eigenvalue weighted by molar-refractivity contribution is 6.74. The van der Waals surface area contributed by atoms with E-state index in [1.165, 1.54) is 13.5 Å². The predicted molar refractivity (Wildman–Crippen MR) is 128 cm³/mol. The Kier molecular flexibility index (Phi) is 9.98. The highest BCUT2D eigenvalue weighted by atomic mass is 28.4. The molecule has 0 heterocycles. The number of esters is 1. The lowest BCUT2D eigenvalue weighted by molar-refractivity contribution is -0.149. The van der Waals surface area contributed by atoms with Gasteiger partial charge in [0.2, 0.25) is 0 Å². The molecule has 6 heteroatoms. The highest BCUT2D eigenvalue weighted by Gasteiger charge is 2.51. The molecule has 0 aromatic rings.